The van der Waals surface area contributed by atoms with Crippen molar-refractivity contribution in [2.45, 2.75) is 33.6 Å². The molecule has 0 bridgehead atoms. The molecule has 0 aliphatic heterocycles. The molecule has 6 heteroatoms. The van der Waals surface area contributed by atoms with Crippen molar-refractivity contribution in [2.24, 2.45) is 5.41 Å². The van der Waals surface area contributed by atoms with Gasteiger partial charge in [0, 0.05) is 37.3 Å². The molecule has 0 aromatic carbocycles. The molecule has 0 atom stereocenters. The van der Waals surface area contributed by atoms with Gasteiger partial charge in [0.15, 0.2) is 0 Å². The van der Waals surface area contributed by atoms with Crippen molar-refractivity contribution < 1.29 is 9.32 Å². The molecule has 0 saturated carbocycles. The zero-order valence-corrected chi connectivity index (χ0v) is 12.6. The lowest BCUT2D eigenvalue weighted by molar-refractivity contribution is -0.121. The average molecular weight is 288 g/mol. The summed E-state index contributed by atoms with van der Waals surface area (Å²) in [5.41, 5.74) is 0.873. The van der Waals surface area contributed by atoms with Crippen LogP contribution in [0.2, 0.25) is 0 Å². The maximum atomic E-state index is 11.7. The summed E-state index contributed by atoms with van der Waals surface area (Å²) in [6.45, 7) is 6.87. The van der Waals surface area contributed by atoms with E-state index in [1.807, 2.05) is 12.1 Å². The fourth-order valence-electron chi connectivity index (χ4n) is 1.64. The van der Waals surface area contributed by atoms with Crippen LogP contribution in [0.3, 0.4) is 0 Å². The number of rotatable bonds is 5. The molecule has 2 rings (SSSR count). The summed E-state index contributed by atoms with van der Waals surface area (Å²) in [5, 5.41) is 6.78. The molecule has 0 aliphatic carbocycles. The number of aryl methyl sites for hydroxylation is 1. The van der Waals surface area contributed by atoms with Gasteiger partial charge in [-0.2, -0.15) is 4.98 Å². The van der Waals surface area contributed by atoms with Gasteiger partial charge in [0.25, 0.3) is 0 Å². The summed E-state index contributed by atoms with van der Waals surface area (Å²) in [7, 11) is 0. The van der Waals surface area contributed by atoms with E-state index in [0.29, 0.717) is 31.1 Å². The third kappa shape index (κ3) is 4.98. The molecule has 0 saturated heterocycles. The van der Waals surface area contributed by atoms with Crippen LogP contribution < -0.4 is 5.32 Å². The highest BCUT2D eigenvalue weighted by molar-refractivity contribution is 5.76. The summed E-state index contributed by atoms with van der Waals surface area (Å²) in [6.07, 6.45) is 4.13. The quantitative estimate of drug-likeness (QED) is 0.912. The van der Waals surface area contributed by atoms with Crippen molar-refractivity contribution in [1.29, 1.82) is 0 Å². The second-order valence-corrected chi connectivity index (χ2v) is 6.09. The number of amides is 1. The number of hydrogen-bond donors (Lipinski definition) is 1. The fourth-order valence-corrected chi connectivity index (χ4v) is 1.64. The number of nitrogens with one attached hydrogen (secondary N) is 1. The molecule has 1 N–H and O–H groups in total. The number of aromatic nitrogens is 3. The summed E-state index contributed by atoms with van der Waals surface area (Å²) < 4.78 is 5.15. The Labute approximate surface area is 124 Å². The lowest BCUT2D eigenvalue weighted by Crippen LogP contribution is -2.32. The fraction of sp³-hybridized carbons (Fsp3) is 0.467. The summed E-state index contributed by atoms with van der Waals surface area (Å²) >= 11 is 0. The first-order chi connectivity index (χ1) is 9.94. The average Bonchev–Trinajstić information content (AvgIpc) is 2.92. The second-order valence-electron chi connectivity index (χ2n) is 6.09. The molecule has 0 fully saturated rings. The maximum Gasteiger partial charge on any atom is 0.227 e. The molecule has 2 heterocycles. The van der Waals surface area contributed by atoms with Crippen LogP contribution in [0.5, 0.6) is 0 Å². The molecule has 112 valence electrons. The van der Waals surface area contributed by atoms with Crippen LogP contribution in [0, 0.1) is 5.41 Å². The highest BCUT2D eigenvalue weighted by Gasteiger charge is 2.13. The molecule has 0 spiro atoms. The van der Waals surface area contributed by atoms with Crippen LogP contribution in [0.15, 0.2) is 29.0 Å². The smallest absolute Gasteiger partial charge is 0.227 e. The molecular weight excluding hydrogens is 268 g/mol. The minimum absolute atomic E-state index is 0.00828. The molecular formula is C15H20N4O2. The van der Waals surface area contributed by atoms with Crippen LogP contribution in [0.4, 0.5) is 0 Å². The summed E-state index contributed by atoms with van der Waals surface area (Å²) in [5.74, 6) is 0.944. The Morgan fingerprint density at radius 1 is 1.38 bits per heavy atom. The number of pyridine rings is 1. The first-order valence-corrected chi connectivity index (χ1v) is 6.94. The Bertz CT molecular complexity index is 587. The Hall–Kier alpha value is -2.24. The minimum Gasteiger partial charge on any atom is -0.356 e. The molecule has 2 aromatic heterocycles. The SMILES string of the molecule is CC(C)(C)CNC(=O)CCc1nc(-c2cccnc2)no1. The van der Waals surface area contributed by atoms with E-state index in [1.54, 1.807) is 12.4 Å². The Morgan fingerprint density at radius 2 is 2.19 bits per heavy atom. The normalized spacial score (nSPS) is 11.4. The first-order valence-electron chi connectivity index (χ1n) is 6.94. The van der Waals surface area contributed by atoms with Crippen molar-refractivity contribution in [2.75, 3.05) is 6.54 Å². The molecule has 2 aromatic rings. The van der Waals surface area contributed by atoms with Crippen LogP contribution in [0.1, 0.15) is 33.1 Å². The van der Waals surface area contributed by atoms with Crippen molar-refractivity contribution in [1.82, 2.24) is 20.4 Å². The predicted octanol–water partition coefficient (Wildman–Crippen LogP) is 2.23. The highest BCUT2D eigenvalue weighted by Crippen LogP contribution is 2.14. The van der Waals surface area contributed by atoms with Gasteiger partial charge in [-0.05, 0) is 17.5 Å². The van der Waals surface area contributed by atoms with Crippen molar-refractivity contribution >= 4 is 5.91 Å². The van der Waals surface area contributed by atoms with Gasteiger partial charge < -0.3 is 9.84 Å². The summed E-state index contributed by atoms with van der Waals surface area (Å²) in [6, 6.07) is 3.67. The van der Waals surface area contributed by atoms with Crippen LogP contribution >= 0.6 is 0 Å². The zero-order valence-electron chi connectivity index (χ0n) is 12.6. The Balaban J connectivity index is 1.85. The van der Waals surface area contributed by atoms with E-state index >= 15 is 0 Å². The van der Waals surface area contributed by atoms with E-state index in [-0.39, 0.29) is 11.3 Å². The highest BCUT2D eigenvalue weighted by atomic mass is 16.5. The second kappa shape index (κ2) is 6.47. The largest absolute Gasteiger partial charge is 0.356 e. The number of carbonyl (C=O) groups is 1. The molecule has 0 aliphatic rings. The van der Waals surface area contributed by atoms with Gasteiger partial charge in [-0.25, -0.2) is 0 Å². The molecule has 21 heavy (non-hydrogen) atoms. The minimum atomic E-state index is -0.00828. The van der Waals surface area contributed by atoms with Gasteiger partial charge in [0.2, 0.25) is 17.6 Å². The Morgan fingerprint density at radius 3 is 2.86 bits per heavy atom. The molecule has 0 unspecified atom stereocenters. The number of carbonyl (C=O) groups excluding carboxylic acids is 1. The standard InChI is InChI=1S/C15H20N4O2/c1-15(2,3)10-17-12(20)6-7-13-18-14(19-21-13)11-5-4-8-16-9-11/h4-5,8-9H,6-7,10H2,1-3H3,(H,17,20). The third-order valence-electron chi connectivity index (χ3n) is 2.77. The number of hydrogen-bond acceptors (Lipinski definition) is 5. The Kier molecular flexibility index (Phi) is 4.67. The van der Waals surface area contributed by atoms with E-state index in [4.69, 9.17) is 4.52 Å². The topological polar surface area (TPSA) is 80.9 Å². The summed E-state index contributed by atoms with van der Waals surface area (Å²) in [4.78, 5) is 20.0. The van der Waals surface area contributed by atoms with Gasteiger partial charge in [-0.1, -0.05) is 25.9 Å². The van der Waals surface area contributed by atoms with Gasteiger partial charge in [-0.3, -0.25) is 9.78 Å². The number of nitrogens with zero attached hydrogens (tertiary/aromatic N) is 3. The van der Waals surface area contributed by atoms with Crippen molar-refractivity contribution in [3.05, 3.63) is 30.4 Å². The predicted molar refractivity (Wildman–Crippen MR) is 78.3 cm³/mol. The third-order valence-corrected chi connectivity index (χ3v) is 2.77. The molecule has 0 radical (unpaired) electrons. The van der Waals surface area contributed by atoms with E-state index in [0.717, 1.165) is 5.56 Å². The van der Waals surface area contributed by atoms with E-state index in [2.05, 4.69) is 41.2 Å². The van der Waals surface area contributed by atoms with Gasteiger partial charge >= 0.3 is 0 Å². The van der Waals surface area contributed by atoms with Crippen molar-refractivity contribution in [3.63, 3.8) is 0 Å². The maximum absolute atomic E-state index is 11.7. The monoisotopic (exact) mass is 288 g/mol. The van der Waals surface area contributed by atoms with E-state index in [1.165, 1.54) is 0 Å². The van der Waals surface area contributed by atoms with Gasteiger partial charge in [0.05, 0.1) is 0 Å². The van der Waals surface area contributed by atoms with Crippen LogP contribution in [-0.2, 0) is 11.2 Å². The first kappa shape index (κ1) is 15.2. The van der Waals surface area contributed by atoms with E-state index < -0.39 is 0 Å². The lowest BCUT2D eigenvalue weighted by atomic mass is 9.97. The van der Waals surface area contributed by atoms with Gasteiger partial charge in [-0.15, -0.1) is 0 Å². The van der Waals surface area contributed by atoms with Crippen LogP contribution in [-0.4, -0.2) is 27.6 Å². The van der Waals surface area contributed by atoms with E-state index in [9.17, 15) is 4.79 Å². The molecule has 1 amide bonds. The van der Waals surface area contributed by atoms with Crippen LogP contribution in [0.25, 0.3) is 11.4 Å². The lowest BCUT2D eigenvalue weighted by Gasteiger charge is -2.18. The van der Waals surface area contributed by atoms with Crippen molar-refractivity contribution in [3.8, 4) is 11.4 Å². The molecule has 6 nitrogen and oxygen atoms in total. The van der Waals surface area contributed by atoms with Gasteiger partial charge in [0.1, 0.15) is 0 Å². The zero-order chi connectivity index (χ0) is 15.3.